The predicted octanol–water partition coefficient (Wildman–Crippen LogP) is 1.84. The second kappa shape index (κ2) is 6.54. The molecule has 5 heteroatoms. The van der Waals surface area contributed by atoms with E-state index in [4.69, 9.17) is 0 Å². The third kappa shape index (κ3) is 3.49. The van der Waals surface area contributed by atoms with Gasteiger partial charge in [-0.1, -0.05) is 12.1 Å². The van der Waals surface area contributed by atoms with Crippen molar-refractivity contribution in [3.63, 3.8) is 0 Å². The Balaban J connectivity index is 1.70. The monoisotopic (exact) mass is 283 g/mol. The van der Waals surface area contributed by atoms with Gasteiger partial charge >= 0.3 is 0 Å². The maximum atomic E-state index is 4.59. The molecule has 1 aliphatic heterocycles. The normalized spacial score (nSPS) is 16.0. The molecule has 3 heterocycles. The van der Waals surface area contributed by atoms with Crippen LogP contribution < -0.4 is 10.2 Å². The standard InChI is InChI=1S/C16H21N5/c1-20-9-11-21(12-10-20)16-14(5-4-8-18-16)13-19-15-6-2-3-7-17-15/h2-8H,9-13H2,1H3,(H,17,19). The number of nitrogens with zero attached hydrogens (tertiary/aromatic N) is 4. The minimum atomic E-state index is 0.743. The summed E-state index contributed by atoms with van der Waals surface area (Å²) in [7, 11) is 2.17. The molecule has 0 amide bonds. The lowest BCUT2D eigenvalue weighted by Crippen LogP contribution is -2.45. The molecule has 1 saturated heterocycles. The highest BCUT2D eigenvalue weighted by molar-refractivity contribution is 5.49. The average Bonchev–Trinajstić information content (AvgIpc) is 2.55. The smallest absolute Gasteiger partial charge is 0.133 e. The summed E-state index contributed by atoms with van der Waals surface area (Å²) in [5.74, 6) is 1.99. The van der Waals surface area contributed by atoms with Gasteiger partial charge in [-0.05, 0) is 25.2 Å². The maximum absolute atomic E-state index is 4.59. The highest BCUT2D eigenvalue weighted by Gasteiger charge is 2.17. The van der Waals surface area contributed by atoms with Crippen molar-refractivity contribution in [2.75, 3.05) is 43.4 Å². The molecular formula is C16H21N5. The summed E-state index contributed by atoms with van der Waals surface area (Å²) in [4.78, 5) is 13.6. The predicted molar refractivity (Wildman–Crippen MR) is 85.5 cm³/mol. The van der Waals surface area contributed by atoms with E-state index in [2.05, 4.69) is 38.2 Å². The van der Waals surface area contributed by atoms with E-state index in [-0.39, 0.29) is 0 Å². The zero-order chi connectivity index (χ0) is 14.5. The molecule has 2 aromatic heterocycles. The molecule has 1 aliphatic rings. The zero-order valence-electron chi connectivity index (χ0n) is 12.4. The molecule has 1 N–H and O–H groups in total. The van der Waals surface area contributed by atoms with Gasteiger partial charge in [-0.25, -0.2) is 9.97 Å². The second-order valence-electron chi connectivity index (χ2n) is 5.34. The number of piperazine rings is 1. The molecule has 0 aromatic carbocycles. The van der Waals surface area contributed by atoms with Gasteiger partial charge in [-0.2, -0.15) is 0 Å². The first kappa shape index (κ1) is 13.8. The third-order valence-corrected chi connectivity index (χ3v) is 3.80. The first-order chi connectivity index (χ1) is 10.3. The van der Waals surface area contributed by atoms with E-state index < -0.39 is 0 Å². The van der Waals surface area contributed by atoms with Crippen LogP contribution in [0.25, 0.3) is 0 Å². The van der Waals surface area contributed by atoms with Crippen LogP contribution in [0.2, 0.25) is 0 Å². The van der Waals surface area contributed by atoms with Gasteiger partial charge in [0.25, 0.3) is 0 Å². The van der Waals surface area contributed by atoms with Crippen LogP contribution in [0.5, 0.6) is 0 Å². The van der Waals surface area contributed by atoms with Gasteiger partial charge in [0, 0.05) is 50.7 Å². The Kier molecular flexibility index (Phi) is 4.31. The Hall–Kier alpha value is -2.14. The maximum Gasteiger partial charge on any atom is 0.133 e. The fraction of sp³-hybridized carbons (Fsp3) is 0.375. The number of hydrogen-bond acceptors (Lipinski definition) is 5. The van der Waals surface area contributed by atoms with Crippen LogP contribution in [0.15, 0.2) is 42.7 Å². The van der Waals surface area contributed by atoms with Crippen LogP contribution in [0, 0.1) is 0 Å². The molecule has 0 aliphatic carbocycles. The second-order valence-corrected chi connectivity index (χ2v) is 5.34. The molecule has 0 atom stereocenters. The zero-order valence-corrected chi connectivity index (χ0v) is 12.4. The van der Waals surface area contributed by atoms with Crippen LogP contribution in [-0.4, -0.2) is 48.1 Å². The number of hydrogen-bond donors (Lipinski definition) is 1. The molecule has 0 saturated carbocycles. The van der Waals surface area contributed by atoms with Crippen molar-refractivity contribution in [1.29, 1.82) is 0 Å². The van der Waals surface area contributed by atoms with Gasteiger partial charge in [0.05, 0.1) is 0 Å². The molecule has 110 valence electrons. The molecule has 0 bridgehead atoms. The van der Waals surface area contributed by atoms with Crippen molar-refractivity contribution in [1.82, 2.24) is 14.9 Å². The molecule has 0 radical (unpaired) electrons. The molecule has 21 heavy (non-hydrogen) atoms. The van der Waals surface area contributed by atoms with Gasteiger partial charge < -0.3 is 15.1 Å². The molecule has 2 aromatic rings. The fourth-order valence-electron chi connectivity index (χ4n) is 2.52. The van der Waals surface area contributed by atoms with Crippen molar-refractivity contribution >= 4 is 11.6 Å². The molecule has 0 spiro atoms. The van der Waals surface area contributed by atoms with Gasteiger partial charge in [-0.3, -0.25) is 0 Å². The largest absolute Gasteiger partial charge is 0.366 e. The van der Waals surface area contributed by atoms with E-state index in [1.807, 2.05) is 30.5 Å². The van der Waals surface area contributed by atoms with Crippen molar-refractivity contribution in [2.45, 2.75) is 6.54 Å². The number of likely N-dealkylation sites (N-methyl/N-ethyl adjacent to an activating group) is 1. The lowest BCUT2D eigenvalue weighted by atomic mass is 10.2. The summed E-state index contributed by atoms with van der Waals surface area (Å²) in [6.07, 6.45) is 3.67. The van der Waals surface area contributed by atoms with Crippen LogP contribution in [-0.2, 0) is 6.54 Å². The molecule has 1 fully saturated rings. The Bertz CT molecular complexity index is 564. The summed E-state index contributed by atoms with van der Waals surface area (Å²) in [6.45, 7) is 4.98. The van der Waals surface area contributed by atoms with Crippen molar-refractivity contribution < 1.29 is 0 Å². The highest BCUT2D eigenvalue weighted by atomic mass is 15.3. The summed E-state index contributed by atoms with van der Waals surface area (Å²) < 4.78 is 0. The summed E-state index contributed by atoms with van der Waals surface area (Å²) in [6, 6.07) is 10.0. The van der Waals surface area contributed by atoms with Crippen LogP contribution >= 0.6 is 0 Å². The Morgan fingerprint density at radius 2 is 1.81 bits per heavy atom. The number of aromatic nitrogens is 2. The lowest BCUT2D eigenvalue weighted by molar-refractivity contribution is 0.312. The van der Waals surface area contributed by atoms with Crippen molar-refractivity contribution in [2.24, 2.45) is 0 Å². The van der Waals surface area contributed by atoms with E-state index >= 15 is 0 Å². The lowest BCUT2D eigenvalue weighted by Gasteiger charge is -2.34. The highest BCUT2D eigenvalue weighted by Crippen LogP contribution is 2.19. The van der Waals surface area contributed by atoms with Gasteiger partial charge in [0.1, 0.15) is 11.6 Å². The molecular weight excluding hydrogens is 262 g/mol. The SMILES string of the molecule is CN1CCN(c2ncccc2CNc2ccccn2)CC1. The Morgan fingerprint density at radius 3 is 2.57 bits per heavy atom. The number of pyridine rings is 2. The van der Waals surface area contributed by atoms with E-state index in [0.29, 0.717) is 0 Å². The van der Waals surface area contributed by atoms with E-state index in [1.165, 1.54) is 5.56 Å². The fourth-order valence-corrected chi connectivity index (χ4v) is 2.52. The van der Waals surface area contributed by atoms with Gasteiger partial charge in [-0.15, -0.1) is 0 Å². The quantitative estimate of drug-likeness (QED) is 0.927. The first-order valence-corrected chi connectivity index (χ1v) is 7.35. The average molecular weight is 283 g/mol. The first-order valence-electron chi connectivity index (χ1n) is 7.35. The van der Waals surface area contributed by atoms with Crippen LogP contribution in [0.3, 0.4) is 0 Å². The van der Waals surface area contributed by atoms with Crippen LogP contribution in [0.4, 0.5) is 11.6 Å². The Morgan fingerprint density at radius 1 is 1.00 bits per heavy atom. The summed E-state index contributed by atoms with van der Waals surface area (Å²) >= 11 is 0. The summed E-state index contributed by atoms with van der Waals surface area (Å²) in [5.41, 5.74) is 1.22. The third-order valence-electron chi connectivity index (χ3n) is 3.80. The minimum Gasteiger partial charge on any atom is -0.366 e. The number of anilines is 2. The van der Waals surface area contributed by atoms with Gasteiger partial charge in [0.15, 0.2) is 0 Å². The number of nitrogens with one attached hydrogen (secondary N) is 1. The molecule has 3 rings (SSSR count). The van der Waals surface area contributed by atoms with Crippen molar-refractivity contribution in [3.8, 4) is 0 Å². The Labute approximate surface area is 125 Å². The minimum absolute atomic E-state index is 0.743. The molecule has 5 nitrogen and oxygen atoms in total. The van der Waals surface area contributed by atoms with Gasteiger partial charge in [0.2, 0.25) is 0 Å². The number of rotatable bonds is 4. The van der Waals surface area contributed by atoms with E-state index in [9.17, 15) is 0 Å². The van der Waals surface area contributed by atoms with E-state index in [0.717, 1.165) is 44.4 Å². The van der Waals surface area contributed by atoms with Crippen LogP contribution in [0.1, 0.15) is 5.56 Å². The topological polar surface area (TPSA) is 44.3 Å². The summed E-state index contributed by atoms with van der Waals surface area (Å²) in [5, 5.41) is 3.36. The van der Waals surface area contributed by atoms with Crippen molar-refractivity contribution in [3.05, 3.63) is 48.3 Å². The van der Waals surface area contributed by atoms with E-state index in [1.54, 1.807) is 6.20 Å². The molecule has 0 unspecified atom stereocenters.